The summed E-state index contributed by atoms with van der Waals surface area (Å²) in [5.41, 5.74) is 3.37. The lowest BCUT2D eigenvalue weighted by molar-refractivity contribution is -0.141. The van der Waals surface area contributed by atoms with Gasteiger partial charge in [-0.3, -0.25) is 9.59 Å². The lowest BCUT2D eigenvalue weighted by Gasteiger charge is -2.31. The third-order valence-electron chi connectivity index (χ3n) is 6.38. The van der Waals surface area contributed by atoms with Crippen LogP contribution >= 0.6 is 0 Å². The van der Waals surface area contributed by atoms with Crippen LogP contribution in [0, 0.1) is 13.8 Å². The molecule has 1 aliphatic carbocycles. The van der Waals surface area contributed by atoms with E-state index in [1.807, 2.05) is 63.2 Å². The van der Waals surface area contributed by atoms with Gasteiger partial charge in [-0.1, -0.05) is 66.8 Å². The minimum absolute atomic E-state index is 0.0182. The number of nitrogens with one attached hydrogen (secondary N) is 1. The van der Waals surface area contributed by atoms with Gasteiger partial charge in [0.05, 0.1) is 6.61 Å². The van der Waals surface area contributed by atoms with Crippen molar-refractivity contribution in [3.8, 4) is 5.75 Å². The Morgan fingerprint density at radius 2 is 1.76 bits per heavy atom. The average molecular weight is 451 g/mol. The zero-order chi connectivity index (χ0) is 23.6. The molecule has 0 aromatic heterocycles. The van der Waals surface area contributed by atoms with Crippen molar-refractivity contribution in [3.05, 3.63) is 65.2 Å². The van der Waals surface area contributed by atoms with Crippen LogP contribution in [0.2, 0.25) is 0 Å². The number of benzene rings is 2. The molecular weight excluding hydrogens is 412 g/mol. The fourth-order valence-electron chi connectivity index (χ4n) is 4.35. The predicted octanol–water partition coefficient (Wildman–Crippen LogP) is 5.33. The molecule has 2 aromatic rings. The number of hydrogen-bond acceptors (Lipinski definition) is 3. The van der Waals surface area contributed by atoms with E-state index in [1.54, 1.807) is 4.90 Å². The summed E-state index contributed by atoms with van der Waals surface area (Å²) in [6, 6.07) is 15.7. The van der Waals surface area contributed by atoms with Crippen molar-refractivity contribution >= 4 is 11.8 Å². The Labute approximate surface area is 198 Å². The number of amides is 2. The van der Waals surface area contributed by atoms with Gasteiger partial charge in [-0.15, -0.1) is 0 Å². The molecule has 0 bridgehead atoms. The maximum absolute atomic E-state index is 13.2. The SMILES string of the molecule is Cc1ccc(OCCCC(=O)N(Cc2cccc(C)c2)C(C)C(=O)NC2CCCCC2)cc1. The van der Waals surface area contributed by atoms with Crippen LogP contribution in [0.4, 0.5) is 0 Å². The van der Waals surface area contributed by atoms with Crippen molar-refractivity contribution in [1.29, 1.82) is 0 Å². The van der Waals surface area contributed by atoms with Gasteiger partial charge in [0, 0.05) is 19.0 Å². The molecule has 0 saturated heterocycles. The molecule has 1 N–H and O–H groups in total. The molecule has 0 radical (unpaired) electrons. The molecule has 0 spiro atoms. The van der Waals surface area contributed by atoms with Crippen LogP contribution in [0.25, 0.3) is 0 Å². The molecule has 1 unspecified atom stereocenters. The van der Waals surface area contributed by atoms with E-state index in [2.05, 4.69) is 11.4 Å². The van der Waals surface area contributed by atoms with Gasteiger partial charge in [0.2, 0.25) is 11.8 Å². The highest BCUT2D eigenvalue weighted by Gasteiger charge is 2.27. The van der Waals surface area contributed by atoms with Gasteiger partial charge in [0.25, 0.3) is 0 Å². The van der Waals surface area contributed by atoms with E-state index in [1.165, 1.54) is 12.0 Å². The van der Waals surface area contributed by atoms with E-state index in [9.17, 15) is 9.59 Å². The Morgan fingerprint density at radius 3 is 2.45 bits per heavy atom. The van der Waals surface area contributed by atoms with Crippen molar-refractivity contribution in [2.75, 3.05) is 6.61 Å². The molecule has 3 rings (SSSR count). The molecule has 0 aliphatic heterocycles. The lowest BCUT2D eigenvalue weighted by Crippen LogP contribution is -2.50. The average Bonchev–Trinajstić information content (AvgIpc) is 2.81. The molecule has 5 nitrogen and oxygen atoms in total. The third-order valence-corrected chi connectivity index (χ3v) is 6.38. The number of carbonyl (C=O) groups excluding carboxylic acids is 2. The molecule has 0 heterocycles. The maximum Gasteiger partial charge on any atom is 0.242 e. The van der Waals surface area contributed by atoms with Gasteiger partial charge in [-0.25, -0.2) is 0 Å². The van der Waals surface area contributed by atoms with Gasteiger partial charge >= 0.3 is 0 Å². The van der Waals surface area contributed by atoms with Crippen LogP contribution in [0.1, 0.15) is 68.6 Å². The molecule has 1 aliphatic rings. The lowest BCUT2D eigenvalue weighted by atomic mass is 9.95. The van der Waals surface area contributed by atoms with Crippen LogP contribution in [0.5, 0.6) is 5.75 Å². The minimum atomic E-state index is -0.516. The monoisotopic (exact) mass is 450 g/mol. The number of ether oxygens (including phenoxy) is 1. The Morgan fingerprint density at radius 1 is 1.03 bits per heavy atom. The fraction of sp³-hybridized carbons (Fsp3) is 0.500. The van der Waals surface area contributed by atoms with Gasteiger partial charge in [-0.05, 0) is 57.7 Å². The smallest absolute Gasteiger partial charge is 0.242 e. The number of hydrogen-bond donors (Lipinski definition) is 1. The summed E-state index contributed by atoms with van der Waals surface area (Å²) < 4.78 is 5.78. The Bertz CT molecular complexity index is 904. The Hall–Kier alpha value is -2.82. The summed E-state index contributed by atoms with van der Waals surface area (Å²) in [7, 11) is 0. The van der Waals surface area contributed by atoms with Gasteiger partial charge in [0.15, 0.2) is 0 Å². The molecule has 1 saturated carbocycles. The van der Waals surface area contributed by atoms with Crippen LogP contribution in [-0.4, -0.2) is 35.4 Å². The summed E-state index contributed by atoms with van der Waals surface area (Å²) in [6.07, 6.45) is 6.57. The first kappa shape index (κ1) is 24.8. The first-order valence-corrected chi connectivity index (χ1v) is 12.3. The molecule has 5 heteroatoms. The van der Waals surface area contributed by atoms with E-state index in [0.29, 0.717) is 26.0 Å². The largest absolute Gasteiger partial charge is 0.494 e. The summed E-state index contributed by atoms with van der Waals surface area (Å²) in [4.78, 5) is 28.0. The van der Waals surface area contributed by atoms with Crippen LogP contribution in [0.3, 0.4) is 0 Å². The van der Waals surface area contributed by atoms with Gasteiger partial charge < -0.3 is 15.0 Å². The fourth-order valence-corrected chi connectivity index (χ4v) is 4.35. The number of nitrogens with zero attached hydrogens (tertiary/aromatic N) is 1. The van der Waals surface area contributed by atoms with E-state index < -0.39 is 6.04 Å². The second-order valence-corrected chi connectivity index (χ2v) is 9.30. The molecule has 1 fully saturated rings. The van der Waals surface area contributed by atoms with Crippen molar-refractivity contribution in [1.82, 2.24) is 10.2 Å². The standard InChI is InChI=1S/C28H38N2O3/c1-21-14-16-26(17-15-21)33-18-8-13-27(31)30(20-24-10-7-9-22(2)19-24)23(3)28(32)29-25-11-5-4-6-12-25/h7,9-10,14-17,19,23,25H,4-6,8,11-13,18,20H2,1-3H3,(H,29,32). The summed E-state index contributed by atoms with van der Waals surface area (Å²) in [5, 5.41) is 3.19. The molecule has 33 heavy (non-hydrogen) atoms. The van der Waals surface area contributed by atoms with Crippen molar-refractivity contribution in [2.24, 2.45) is 0 Å². The first-order valence-electron chi connectivity index (χ1n) is 12.3. The Kier molecular flexibility index (Phi) is 9.35. The normalized spacial score (nSPS) is 15.0. The zero-order valence-corrected chi connectivity index (χ0v) is 20.3. The second kappa shape index (κ2) is 12.4. The number of carbonyl (C=O) groups is 2. The van der Waals surface area contributed by atoms with E-state index in [0.717, 1.165) is 42.6 Å². The Balaban J connectivity index is 1.60. The second-order valence-electron chi connectivity index (χ2n) is 9.30. The van der Waals surface area contributed by atoms with E-state index >= 15 is 0 Å². The molecular formula is C28H38N2O3. The van der Waals surface area contributed by atoms with Gasteiger partial charge in [0.1, 0.15) is 11.8 Å². The van der Waals surface area contributed by atoms with Crippen molar-refractivity contribution in [2.45, 2.75) is 84.3 Å². The van der Waals surface area contributed by atoms with Crippen LogP contribution in [-0.2, 0) is 16.1 Å². The molecule has 178 valence electrons. The van der Waals surface area contributed by atoms with Crippen LogP contribution in [0.15, 0.2) is 48.5 Å². The summed E-state index contributed by atoms with van der Waals surface area (Å²) in [5.74, 6) is 0.735. The van der Waals surface area contributed by atoms with Crippen LogP contribution < -0.4 is 10.1 Å². The highest BCUT2D eigenvalue weighted by Crippen LogP contribution is 2.19. The summed E-state index contributed by atoms with van der Waals surface area (Å²) in [6.45, 7) is 6.82. The molecule has 2 amide bonds. The van der Waals surface area contributed by atoms with Crippen molar-refractivity contribution in [3.63, 3.8) is 0 Å². The summed E-state index contributed by atoms with van der Waals surface area (Å²) >= 11 is 0. The van der Waals surface area contributed by atoms with E-state index in [-0.39, 0.29) is 17.9 Å². The topological polar surface area (TPSA) is 58.6 Å². The third kappa shape index (κ3) is 7.92. The first-order chi connectivity index (χ1) is 15.9. The minimum Gasteiger partial charge on any atom is -0.494 e. The highest BCUT2D eigenvalue weighted by molar-refractivity contribution is 5.87. The predicted molar refractivity (Wildman–Crippen MR) is 132 cm³/mol. The van der Waals surface area contributed by atoms with Crippen molar-refractivity contribution < 1.29 is 14.3 Å². The highest BCUT2D eigenvalue weighted by atomic mass is 16.5. The number of rotatable bonds is 10. The molecule has 2 aromatic carbocycles. The zero-order valence-electron chi connectivity index (χ0n) is 20.3. The van der Waals surface area contributed by atoms with E-state index in [4.69, 9.17) is 4.74 Å². The molecule has 1 atom stereocenters. The number of aryl methyl sites for hydroxylation is 2. The maximum atomic E-state index is 13.2. The van der Waals surface area contributed by atoms with Gasteiger partial charge in [-0.2, -0.15) is 0 Å². The quantitative estimate of drug-likeness (QED) is 0.498.